The Balaban J connectivity index is 2.76. The molecule has 1 aromatic rings. The SMILES string of the molecule is COc1cc(C)c2c(c1OC)C(N)CC2(C)C. The topological polar surface area (TPSA) is 44.5 Å². The highest BCUT2D eigenvalue weighted by Crippen LogP contribution is 2.51. The number of ether oxygens (including phenoxy) is 2. The van der Waals surface area contributed by atoms with Crippen molar-refractivity contribution >= 4 is 0 Å². The van der Waals surface area contributed by atoms with Gasteiger partial charge in [-0.15, -0.1) is 0 Å². The molecule has 1 aliphatic rings. The van der Waals surface area contributed by atoms with Gasteiger partial charge in [0.1, 0.15) is 0 Å². The van der Waals surface area contributed by atoms with Crippen molar-refractivity contribution in [2.24, 2.45) is 5.73 Å². The molecule has 0 aromatic heterocycles. The van der Waals surface area contributed by atoms with Gasteiger partial charge in [0, 0.05) is 11.6 Å². The summed E-state index contributed by atoms with van der Waals surface area (Å²) < 4.78 is 10.9. The molecule has 1 unspecified atom stereocenters. The lowest BCUT2D eigenvalue weighted by Gasteiger charge is -2.22. The molecule has 3 nitrogen and oxygen atoms in total. The Morgan fingerprint density at radius 3 is 2.47 bits per heavy atom. The minimum Gasteiger partial charge on any atom is -0.493 e. The van der Waals surface area contributed by atoms with Gasteiger partial charge in [0.05, 0.1) is 14.2 Å². The average molecular weight is 235 g/mol. The molecule has 0 amide bonds. The third kappa shape index (κ3) is 1.69. The van der Waals surface area contributed by atoms with Gasteiger partial charge in [0.25, 0.3) is 0 Å². The van der Waals surface area contributed by atoms with E-state index in [9.17, 15) is 0 Å². The first-order valence-electron chi connectivity index (χ1n) is 5.94. The molecule has 17 heavy (non-hydrogen) atoms. The molecule has 0 saturated heterocycles. The summed E-state index contributed by atoms with van der Waals surface area (Å²) in [6.45, 7) is 6.58. The number of fused-ring (bicyclic) bond motifs is 1. The zero-order valence-electron chi connectivity index (χ0n) is 11.3. The van der Waals surface area contributed by atoms with E-state index in [2.05, 4.69) is 20.8 Å². The standard InChI is InChI=1S/C14H21NO2/c1-8-6-10(16-4)13(17-5)11-9(15)7-14(2,3)12(8)11/h6,9H,7,15H2,1-5H3. The Hall–Kier alpha value is -1.22. The first-order valence-corrected chi connectivity index (χ1v) is 5.94. The molecule has 2 rings (SSSR count). The fraction of sp³-hybridized carbons (Fsp3) is 0.571. The van der Waals surface area contributed by atoms with E-state index in [1.54, 1.807) is 14.2 Å². The number of benzene rings is 1. The van der Waals surface area contributed by atoms with Crippen LogP contribution in [0.3, 0.4) is 0 Å². The van der Waals surface area contributed by atoms with Crippen LogP contribution in [0.25, 0.3) is 0 Å². The first kappa shape index (κ1) is 12.2. The van der Waals surface area contributed by atoms with Gasteiger partial charge in [-0.2, -0.15) is 0 Å². The minimum absolute atomic E-state index is 0.0312. The lowest BCUT2D eigenvalue weighted by Crippen LogP contribution is -2.15. The molecular formula is C14H21NO2. The van der Waals surface area contributed by atoms with Crippen LogP contribution in [-0.4, -0.2) is 14.2 Å². The van der Waals surface area contributed by atoms with Crippen molar-refractivity contribution in [2.75, 3.05) is 14.2 Å². The second-order valence-electron chi connectivity index (χ2n) is 5.41. The molecule has 3 heteroatoms. The van der Waals surface area contributed by atoms with Gasteiger partial charge in [-0.25, -0.2) is 0 Å². The van der Waals surface area contributed by atoms with Gasteiger partial charge in [0.15, 0.2) is 11.5 Å². The number of methoxy groups -OCH3 is 2. The summed E-state index contributed by atoms with van der Waals surface area (Å²) in [5, 5.41) is 0. The van der Waals surface area contributed by atoms with E-state index >= 15 is 0 Å². The maximum Gasteiger partial charge on any atom is 0.165 e. The van der Waals surface area contributed by atoms with Crippen LogP contribution in [0, 0.1) is 6.92 Å². The van der Waals surface area contributed by atoms with Crippen LogP contribution in [0.1, 0.15) is 43.0 Å². The molecule has 2 N–H and O–H groups in total. The zero-order chi connectivity index (χ0) is 12.8. The van der Waals surface area contributed by atoms with Crippen molar-refractivity contribution < 1.29 is 9.47 Å². The summed E-state index contributed by atoms with van der Waals surface area (Å²) in [7, 11) is 3.33. The highest BCUT2D eigenvalue weighted by atomic mass is 16.5. The molecule has 0 saturated carbocycles. The van der Waals surface area contributed by atoms with E-state index < -0.39 is 0 Å². The number of hydrogen-bond acceptors (Lipinski definition) is 3. The zero-order valence-corrected chi connectivity index (χ0v) is 11.3. The third-order valence-electron chi connectivity index (χ3n) is 3.68. The molecule has 1 atom stereocenters. The van der Waals surface area contributed by atoms with Gasteiger partial charge in [0.2, 0.25) is 0 Å². The number of hydrogen-bond donors (Lipinski definition) is 1. The smallest absolute Gasteiger partial charge is 0.165 e. The number of nitrogens with two attached hydrogens (primary N) is 1. The fourth-order valence-electron chi connectivity index (χ4n) is 3.16. The van der Waals surface area contributed by atoms with Crippen LogP contribution in [0.4, 0.5) is 0 Å². The normalized spacial score (nSPS) is 21.2. The first-order chi connectivity index (χ1) is 7.92. The van der Waals surface area contributed by atoms with Gasteiger partial charge in [-0.3, -0.25) is 0 Å². The van der Waals surface area contributed by atoms with E-state index in [1.807, 2.05) is 6.07 Å². The van der Waals surface area contributed by atoms with Crippen molar-refractivity contribution in [3.63, 3.8) is 0 Å². The highest BCUT2D eigenvalue weighted by Gasteiger charge is 2.39. The van der Waals surface area contributed by atoms with Crippen LogP contribution < -0.4 is 15.2 Å². The average Bonchev–Trinajstić information content (AvgIpc) is 2.49. The molecule has 94 valence electrons. The van der Waals surface area contributed by atoms with Crippen molar-refractivity contribution in [1.82, 2.24) is 0 Å². The Bertz CT molecular complexity index is 452. The van der Waals surface area contributed by atoms with Crippen LogP contribution in [-0.2, 0) is 5.41 Å². The van der Waals surface area contributed by atoms with Crippen LogP contribution >= 0.6 is 0 Å². The number of rotatable bonds is 2. The monoisotopic (exact) mass is 235 g/mol. The van der Waals surface area contributed by atoms with Crippen molar-refractivity contribution in [3.05, 3.63) is 22.8 Å². The lowest BCUT2D eigenvalue weighted by molar-refractivity contribution is 0.350. The van der Waals surface area contributed by atoms with Crippen LogP contribution in [0.5, 0.6) is 11.5 Å². The predicted octanol–water partition coefficient (Wildman–Crippen LogP) is 2.69. The van der Waals surface area contributed by atoms with E-state index in [0.717, 1.165) is 23.5 Å². The van der Waals surface area contributed by atoms with Gasteiger partial charge in [-0.05, 0) is 36.0 Å². The molecule has 0 aliphatic heterocycles. The molecule has 1 aromatic carbocycles. The summed E-state index contributed by atoms with van der Waals surface area (Å²) >= 11 is 0. The van der Waals surface area contributed by atoms with E-state index in [1.165, 1.54) is 11.1 Å². The van der Waals surface area contributed by atoms with Crippen molar-refractivity contribution in [2.45, 2.75) is 38.6 Å². The summed E-state index contributed by atoms with van der Waals surface area (Å²) in [4.78, 5) is 0. The minimum atomic E-state index is 0.0312. The summed E-state index contributed by atoms with van der Waals surface area (Å²) in [5.74, 6) is 1.57. The molecule has 1 aliphatic carbocycles. The lowest BCUT2D eigenvalue weighted by atomic mass is 9.83. The molecule has 0 radical (unpaired) electrons. The fourth-order valence-corrected chi connectivity index (χ4v) is 3.16. The van der Waals surface area contributed by atoms with Gasteiger partial charge in [-0.1, -0.05) is 13.8 Å². The maximum absolute atomic E-state index is 6.26. The van der Waals surface area contributed by atoms with Crippen molar-refractivity contribution in [1.29, 1.82) is 0 Å². The Kier molecular flexibility index (Phi) is 2.82. The van der Waals surface area contributed by atoms with Crippen LogP contribution in [0.15, 0.2) is 6.07 Å². The van der Waals surface area contributed by atoms with Gasteiger partial charge >= 0.3 is 0 Å². The summed E-state index contributed by atoms with van der Waals surface area (Å²) in [6, 6.07) is 2.07. The van der Waals surface area contributed by atoms with Crippen LogP contribution in [0.2, 0.25) is 0 Å². The Morgan fingerprint density at radius 2 is 1.94 bits per heavy atom. The Labute approximate surface area is 103 Å². The summed E-state index contributed by atoms with van der Waals surface area (Å²) in [5.41, 5.74) is 10.0. The third-order valence-corrected chi connectivity index (χ3v) is 3.68. The van der Waals surface area contributed by atoms with E-state index in [-0.39, 0.29) is 11.5 Å². The van der Waals surface area contributed by atoms with Crippen molar-refractivity contribution in [3.8, 4) is 11.5 Å². The largest absolute Gasteiger partial charge is 0.493 e. The Morgan fingerprint density at radius 1 is 1.29 bits per heavy atom. The maximum atomic E-state index is 6.26. The van der Waals surface area contributed by atoms with E-state index in [4.69, 9.17) is 15.2 Å². The molecular weight excluding hydrogens is 214 g/mol. The second kappa shape index (κ2) is 3.91. The number of aryl methyl sites for hydroxylation is 1. The molecule has 0 fully saturated rings. The molecule has 0 bridgehead atoms. The van der Waals surface area contributed by atoms with Gasteiger partial charge < -0.3 is 15.2 Å². The van der Waals surface area contributed by atoms with E-state index in [0.29, 0.717) is 0 Å². The predicted molar refractivity (Wildman–Crippen MR) is 68.9 cm³/mol. The molecule has 0 heterocycles. The molecule has 0 spiro atoms. The second-order valence-corrected chi connectivity index (χ2v) is 5.41. The highest BCUT2D eigenvalue weighted by molar-refractivity contribution is 5.60. The summed E-state index contributed by atoms with van der Waals surface area (Å²) in [6.07, 6.45) is 0.951. The quantitative estimate of drug-likeness (QED) is 0.857.